The Morgan fingerprint density at radius 3 is 2.53 bits per heavy atom. The van der Waals surface area contributed by atoms with E-state index in [2.05, 4.69) is 33.5 Å². The van der Waals surface area contributed by atoms with Gasteiger partial charge in [0.15, 0.2) is 0 Å². The van der Waals surface area contributed by atoms with E-state index in [-0.39, 0.29) is 11.4 Å². The molecule has 19 heavy (non-hydrogen) atoms. The third-order valence-corrected chi connectivity index (χ3v) is 5.23. The highest BCUT2D eigenvalue weighted by atomic mass is 79.9. The lowest BCUT2D eigenvalue weighted by molar-refractivity contribution is -0.122. The van der Waals surface area contributed by atoms with Crippen LogP contribution in [0.15, 0.2) is 16.6 Å². The van der Waals surface area contributed by atoms with Gasteiger partial charge in [0.1, 0.15) is 0 Å². The third-order valence-electron chi connectivity index (χ3n) is 3.98. The molecule has 1 aromatic rings. The minimum Gasteiger partial charge on any atom is -0.324 e. The van der Waals surface area contributed by atoms with Crippen molar-refractivity contribution in [3.05, 3.63) is 27.7 Å². The number of aryl methyl sites for hydroxylation is 2. The predicted octanol–water partition coefficient (Wildman–Crippen LogP) is 3.54. The van der Waals surface area contributed by atoms with Gasteiger partial charge in [-0.1, -0.05) is 22.9 Å². The number of hydrogen-bond acceptors (Lipinski definition) is 2. The molecule has 0 bridgehead atoms. The molecule has 1 saturated heterocycles. The number of rotatable bonds is 3. The van der Waals surface area contributed by atoms with Crippen LogP contribution in [0.3, 0.4) is 0 Å². The highest BCUT2D eigenvalue weighted by Crippen LogP contribution is 2.28. The maximum absolute atomic E-state index is 12.5. The smallest absolute Gasteiger partial charge is 0.244 e. The molecule has 1 amide bonds. The first kappa shape index (κ1) is 14.5. The van der Waals surface area contributed by atoms with Gasteiger partial charge in [-0.15, -0.1) is 0 Å². The van der Waals surface area contributed by atoms with Crippen LogP contribution in [-0.4, -0.2) is 18.0 Å². The summed E-state index contributed by atoms with van der Waals surface area (Å²) in [6.07, 6.45) is 2.82. The van der Waals surface area contributed by atoms with Crippen molar-refractivity contribution in [2.75, 3.05) is 11.9 Å². The second-order valence-corrected chi connectivity index (χ2v) is 6.14. The SMILES string of the molecule is CCC1(C(=O)Nc2cc(C)c(Br)c(C)c2)CCCN1. The van der Waals surface area contributed by atoms with Crippen LogP contribution in [0.2, 0.25) is 0 Å². The predicted molar refractivity (Wildman–Crippen MR) is 82.5 cm³/mol. The van der Waals surface area contributed by atoms with E-state index in [0.717, 1.165) is 47.1 Å². The van der Waals surface area contributed by atoms with E-state index in [0.29, 0.717) is 0 Å². The molecule has 0 saturated carbocycles. The summed E-state index contributed by atoms with van der Waals surface area (Å²) in [7, 11) is 0. The van der Waals surface area contributed by atoms with E-state index in [1.807, 2.05) is 26.0 Å². The Hall–Kier alpha value is -0.870. The lowest BCUT2D eigenvalue weighted by Crippen LogP contribution is -2.50. The van der Waals surface area contributed by atoms with Gasteiger partial charge in [0.25, 0.3) is 0 Å². The minimum absolute atomic E-state index is 0.0913. The highest BCUT2D eigenvalue weighted by Gasteiger charge is 2.39. The van der Waals surface area contributed by atoms with E-state index >= 15 is 0 Å². The maximum Gasteiger partial charge on any atom is 0.244 e. The van der Waals surface area contributed by atoms with Gasteiger partial charge in [-0.05, 0) is 62.9 Å². The van der Waals surface area contributed by atoms with Gasteiger partial charge in [0.2, 0.25) is 5.91 Å². The molecule has 1 fully saturated rings. The molecule has 4 heteroatoms. The van der Waals surface area contributed by atoms with Crippen LogP contribution >= 0.6 is 15.9 Å². The molecule has 1 atom stereocenters. The van der Waals surface area contributed by atoms with Gasteiger partial charge in [0.05, 0.1) is 5.54 Å². The van der Waals surface area contributed by atoms with E-state index in [1.54, 1.807) is 0 Å². The number of carbonyl (C=O) groups excluding carboxylic acids is 1. The lowest BCUT2D eigenvalue weighted by atomic mass is 9.93. The van der Waals surface area contributed by atoms with Gasteiger partial charge in [-0.2, -0.15) is 0 Å². The zero-order chi connectivity index (χ0) is 14.0. The van der Waals surface area contributed by atoms with Crippen LogP contribution in [0.1, 0.15) is 37.3 Å². The Morgan fingerprint density at radius 1 is 1.42 bits per heavy atom. The molecule has 1 unspecified atom stereocenters. The molecule has 0 spiro atoms. The Labute approximate surface area is 123 Å². The van der Waals surface area contributed by atoms with Crippen LogP contribution in [0, 0.1) is 13.8 Å². The molecule has 1 aromatic carbocycles. The molecule has 1 heterocycles. The molecule has 0 aliphatic carbocycles. The Balaban J connectivity index is 2.19. The fourth-order valence-corrected chi connectivity index (χ4v) is 2.96. The van der Waals surface area contributed by atoms with Gasteiger partial charge >= 0.3 is 0 Å². The maximum atomic E-state index is 12.5. The topological polar surface area (TPSA) is 41.1 Å². The average molecular weight is 325 g/mol. The van der Waals surface area contributed by atoms with Crippen molar-refractivity contribution < 1.29 is 4.79 Å². The summed E-state index contributed by atoms with van der Waals surface area (Å²) in [5, 5.41) is 6.42. The van der Waals surface area contributed by atoms with Gasteiger partial charge in [-0.3, -0.25) is 4.79 Å². The summed E-state index contributed by atoms with van der Waals surface area (Å²) in [6.45, 7) is 7.07. The number of halogens is 1. The zero-order valence-corrected chi connectivity index (χ0v) is 13.4. The zero-order valence-electron chi connectivity index (χ0n) is 11.8. The Kier molecular flexibility index (Phi) is 4.31. The molecular formula is C15H21BrN2O. The van der Waals surface area contributed by atoms with Crippen LogP contribution in [0.25, 0.3) is 0 Å². The van der Waals surface area contributed by atoms with Crippen molar-refractivity contribution in [2.24, 2.45) is 0 Å². The monoisotopic (exact) mass is 324 g/mol. The summed E-state index contributed by atoms with van der Waals surface area (Å²) < 4.78 is 1.11. The lowest BCUT2D eigenvalue weighted by Gasteiger charge is -2.27. The first-order chi connectivity index (χ1) is 8.98. The molecule has 1 aliphatic rings. The van der Waals surface area contributed by atoms with E-state index < -0.39 is 0 Å². The second-order valence-electron chi connectivity index (χ2n) is 5.34. The first-order valence-corrected chi connectivity index (χ1v) is 7.61. The van der Waals surface area contributed by atoms with Gasteiger partial charge in [-0.25, -0.2) is 0 Å². The van der Waals surface area contributed by atoms with Crippen LogP contribution in [-0.2, 0) is 4.79 Å². The number of amides is 1. The van der Waals surface area contributed by atoms with Crippen LogP contribution in [0.4, 0.5) is 5.69 Å². The number of nitrogens with one attached hydrogen (secondary N) is 2. The number of hydrogen-bond donors (Lipinski definition) is 2. The van der Waals surface area contributed by atoms with Crippen molar-refractivity contribution in [1.29, 1.82) is 0 Å². The molecule has 2 N–H and O–H groups in total. The first-order valence-electron chi connectivity index (χ1n) is 6.82. The molecule has 2 rings (SSSR count). The van der Waals surface area contributed by atoms with Crippen LogP contribution in [0.5, 0.6) is 0 Å². The third kappa shape index (κ3) is 2.84. The minimum atomic E-state index is -0.380. The van der Waals surface area contributed by atoms with E-state index in [1.165, 1.54) is 0 Å². The molecule has 0 aromatic heterocycles. The summed E-state index contributed by atoms with van der Waals surface area (Å²) in [4.78, 5) is 12.5. The number of benzene rings is 1. The molecule has 3 nitrogen and oxygen atoms in total. The normalized spacial score (nSPS) is 22.5. The van der Waals surface area contributed by atoms with Crippen molar-refractivity contribution in [1.82, 2.24) is 5.32 Å². The second kappa shape index (κ2) is 5.63. The molecular weight excluding hydrogens is 304 g/mol. The Bertz CT molecular complexity index is 470. The summed E-state index contributed by atoms with van der Waals surface area (Å²) in [6, 6.07) is 4.01. The molecule has 104 valence electrons. The van der Waals surface area contributed by atoms with E-state index in [4.69, 9.17) is 0 Å². The van der Waals surface area contributed by atoms with Crippen LogP contribution < -0.4 is 10.6 Å². The number of carbonyl (C=O) groups is 1. The summed E-state index contributed by atoms with van der Waals surface area (Å²) >= 11 is 3.54. The van der Waals surface area contributed by atoms with Gasteiger partial charge < -0.3 is 10.6 Å². The summed E-state index contributed by atoms with van der Waals surface area (Å²) in [5.74, 6) is 0.0913. The Morgan fingerprint density at radius 2 is 2.05 bits per heavy atom. The van der Waals surface area contributed by atoms with E-state index in [9.17, 15) is 4.79 Å². The average Bonchev–Trinajstić information content (AvgIpc) is 2.85. The van der Waals surface area contributed by atoms with Crippen molar-refractivity contribution in [3.63, 3.8) is 0 Å². The fraction of sp³-hybridized carbons (Fsp3) is 0.533. The highest BCUT2D eigenvalue weighted by molar-refractivity contribution is 9.10. The van der Waals surface area contributed by atoms with Crippen molar-refractivity contribution in [2.45, 2.75) is 45.6 Å². The van der Waals surface area contributed by atoms with Crippen molar-refractivity contribution in [3.8, 4) is 0 Å². The standard InChI is InChI=1S/C15H21BrN2O/c1-4-15(6-5-7-17-15)14(19)18-12-8-10(2)13(16)11(3)9-12/h8-9,17H,4-7H2,1-3H3,(H,18,19). The quantitative estimate of drug-likeness (QED) is 0.892. The van der Waals surface area contributed by atoms with Gasteiger partial charge in [0, 0.05) is 10.2 Å². The fourth-order valence-electron chi connectivity index (χ4n) is 2.73. The number of anilines is 1. The summed E-state index contributed by atoms with van der Waals surface area (Å²) in [5.41, 5.74) is 2.78. The largest absolute Gasteiger partial charge is 0.324 e. The molecule has 0 radical (unpaired) electrons. The van der Waals surface area contributed by atoms with Crippen molar-refractivity contribution >= 4 is 27.5 Å². The molecule has 1 aliphatic heterocycles.